The van der Waals surface area contributed by atoms with Gasteiger partial charge in [-0.2, -0.15) is 0 Å². The maximum absolute atomic E-state index is 12.1. The molecule has 112 valence electrons. The van der Waals surface area contributed by atoms with Crippen molar-refractivity contribution in [2.45, 2.75) is 39.5 Å². The molecule has 0 heterocycles. The van der Waals surface area contributed by atoms with Crippen LogP contribution in [0.2, 0.25) is 0 Å². The summed E-state index contributed by atoms with van der Waals surface area (Å²) in [7, 11) is 0. The molecule has 1 aliphatic carbocycles. The van der Waals surface area contributed by atoms with Crippen LogP contribution in [0.5, 0.6) is 0 Å². The maximum atomic E-state index is 12.1. The number of nitrogens with one attached hydrogen (secondary N) is 1. The molecule has 1 saturated carbocycles. The Bertz CT molecular complexity index is 392. The molecule has 0 unspecified atom stereocenters. The van der Waals surface area contributed by atoms with Crippen LogP contribution < -0.4 is 5.32 Å². The minimum atomic E-state index is -0.892. The molecule has 0 aliphatic heterocycles. The van der Waals surface area contributed by atoms with E-state index < -0.39 is 11.4 Å². The van der Waals surface area contributed by atoms with Crippen molar-refractivity contribution in [3.05, 3.63) is 0 Å². The molecule has 1 fully saturated rings. The highest BCUT2D eigenvalue weighted by molar-refractivity contribution is 5.78. The van der Waals surface area contributed by atoms with Gasteiger partial charge in [0.15, 0.2) is 0 Å². The number of carboxylic acids is 1. The minimum Gasteiger partial charge on any atom is -0.481 e. The van der Waals surface area contributed by atoms with E-state index in [2.05, 4.69) is 11.2 Å². The van der Waals surface area contributed by atoms with Crippen molar-refractivity contribution >= 4 is 12.0 Å². The van der Waals surface area contributed by atoms with Gasteiger partial charge in [-0.1, -0.05) is 19.8 Å². The van der Waals surface area contributed by atoms with E-state index in [4.69, 9.17) is 6.42 Å². The fraction of sp³-hybridized carbons (Fsp3) is 0.733. The lowest BCUT2D eigenvalue weighted by Crippen LogP contribution is -2.48. The molecule has 0 spiro atoms. The van der Waals surface area contributed by atoms with E-state index >= 15 is 0 Å². The molecule has 0 radical (unpaired) electrons. The molecule has 0 aromatic carbocycles. The average Bonchev–Trinajstić information content (AvgIpc) is 3.23. The smallest absolute Gasteiger partial charge is 0.318 e. The lowest BCUT2D eigenvalue weighted by Gasteiger charge is -2.29. The van der Waals surface area contributed by atoms with Crippen LogP contribution in [-0.4, -0.2) is 41.6 Å². The second-order valence-corrected chi connectivity index (χ2v) is 5.48. The average molecular weight is 280 g/mol. The molecule has 1 aliphatic rings. The van der Waals surface area contributed by atoms with Crippen molar-refractivity contribution in [2.24, 2.45) is 11.3 Å². The fourth-order valence-electron chi connectivity index (χ4n) is 2.18. The van der Waals surface area contributed by atoms with Crippen molar-refractivity contribution in [3.8, 4) is 12.3 Å². The summed E-state index contributed by atoms with van der Waals surface area (Å²) in [5, 5.41) is 12.1. The van der Waals surface area contributed by atoms with Gasteiger partial charge in [-0.3, -0.25) is 4.79 Å². The summed E-state index contributed by atoms with van der Waals surface area (Å²) in [6, 6.07) is -0.262. The van der Waals surface area contributed by atoms with Gasteiger partial charge in [0.2, 0.25) is 0 Å². The maximum Gasteiger partial charge on any atom is 0.318 e. The molecular formula is C15H24N2O3. The summed E-state index contributed by atoms with van der Waals surface area (Å²) in [6.07, 6.45) is 8.52. The molecule has 5 nitrogen and oxygen atoms in total. The van der Waals surface area contributed by atoms with E-state index in [-0.39, 0.29) is 19.1 Å². The number of hydrogen-bond acceptors (Lipinski definition) is 2. The van der Waals surface area contributed by atoms with Gasteiger partial charge in [0.25, 0.3) is 0 Å². The zero-order chi connectivity index (χ0) is 15.2. The molecule has 5 heteroatoms. The van der Waals surface area contributed by atoms with Crippen molar-refractivity contribution in [1.82, 2.24) is 10.2 Å². The Labute approximate surface area is 120 Å². The third kappa shape index (κ3) is 4.16. The predicted molar refractivity (Wildman–Crippen MR) is 77.2 cm³/mol. The normalized spacial score (nSPS) is 14.4. The number of amides is 2. The Hall–Kier alpha value is -1.70. The van der Waals surface area contributed by atoms with Gasteiger partial charge < -0.3 is 15.3 Å². The van der Waals surface area contributed by atoms with Crippen LogP contribution in [0.3, 0.4) is 0 Å². The number of rotatable bonds is 8. The van der Waals surface area contributed by atoms with Gasteiger partial charge in [-0.25, -0.2) is 4.79 Å². The van der Waals surface area contributed by atoms with E-state index in [9.17, 15) is 14.7 Å². The van der Waals surface area contributed by atoms with Crippen LogP contribution in [-0.2, 0) is 4.79 Å². The Morgan fingerprint density at radius 3 is 2.40 bits per heavy atom. The quantitative estimate of drug-likeness (QED) is 0.667. The summed E-state index contributed by atoms with van der Waals surface area (Å²) < 4.78 is 0. The van der Waals surface area contributed by atoms with Crippen LogP contribution in [0.25, 0.3) is 0 Å². The van der Waals surface area contributed by atoms with E-state index in [1.165, 1.54) is 0 Å². The lowest BCUT2D eigenvalue weighted by molar-refractivity contribution is -0.149. The summed E-state index contributed by atoms with van der Waals surface area (Å²) in [5.74, 6) is 2.16. The van der Waals surface area contributed by atoms with E-state index in [1.807, 2.05) is 13.8 Å². The molecule has 0 aromatic rings. The Kier molecular flexibility index (Phi) is 5.87. The number of nitrogens with zero attached hydrogens (tertiary/aromatic N) is 1. The van der Waals surface area contributed by atoms with Crippen molar-refractivity contribution < 1.29 is 14.7 Å². The first-order valence-corrected chi connectivity index (χ1v) is 7.18. The largest absolute Gasteiger partial charge is 0.481 e. The number of carboxylic acid groups (broad SMARTS) is 1. The molecule has 1 rings (SSSR count). The predicted octanol–water partition coefficient (Wildman–Crippen LogP) is 1.93. The number of hydrogen-bond donors (Lipinski definition) is 2. The monoisotopic (exact) mass is 280 g/mol. The first-order chi connectivity index (χ1) is 9.49. The number of urea groups is 1. The van der Waals surface area contributed by atoms with Crippen molar-refractivity contribution in [3.63, 3.8) is 0 Å². The van der Waals surface area contributed by atoms with Crippen LogP contribution in [0.15, 0.2) is 0 Å². The minimum absolute atomic E-state index is 0.139. The number of carbonyl (C=O) groups excluding carboxylic acids is 1. The summed E-state index contributed by atoms with van der Waals surface area (Å²) >= 11 is 0. The zero-order valence-corrected chi connectivity index (χ0v) is 12.3. The van der Waals surface area contributed by atoms with Gasteiger partial charge in [0.1, 0.15) is 0 Å². The molecule has 0 aromatic heterocycles. The second-order valence-electron chi connectivity index (χ2n) is 5.48. The van der Waals surface area contributed by atoms with Crippen LogP contribution >= 0.6 is 0 Å². The number of terminal acetylenes is 1. The van der Waals surface area contributed by atoms with E-state index in [0.29, 0.717) is 25.3 Å². The fourth-order valence-corrected chi connectivity index (χ4v) is 2.18. The summed E-state index contributed by atoms with van der Waals surface area (Å²) in [6.45, 7) is 4.72. The highest BCUT2D eigenvalue weighted by atomic mass is 16.4. The van der Waals surface area contributed by atoms with Gasteiger partial charge >= 0.3 is 12.0 Å². The zero-order valence-electron chi connectivity index (χ0n) is 12.3. The topological polar surface area (TPSA) is 69.6 Å². The highest BCUT2D eigenvalue weighted by Gasteiger charge is 2.36. The van der Waals surface area contributed by atoms with Gasteiger partial charge in [-0.15, -0.1) is 6.42 Å². The Morgan fingerprint density at radius 2 is 2.00 bits per heavy atom. The summed E-state index contributed by atoms with van der Waals surface area (Å²) in [5.41, 5.74) is -0.892. The first-order valence-electron chi connectivity index (χ1n) is 7.18. The Morgan fingerprint density at radius 1 is 1.40 bits per heavy atom. The first kappa shape index (κ1) is 16.4. The molecule has 2 N–H and O–H groups in total. The van der Waals surface area contributed by atoms with Crippen LogP contribution in [0.4, 0.5) is 4.79 Å². The van der Waals surface area contributed by atoms with Gasteiger partial charge in [-0.05, 0) is 31.6 Å². The Balaban J connectivity index is 2.58. The third-order valence-corrected chi connectivity index (χ3v) is 4.13. The van der Waals surface area contributed by atoms with Crippen molar-refractivity contribution in [1.29, 1.82) is 0 Å². The third-order valence-electron chi connectivity index (χ3n) is 4.13. The van der Waals surface area contributed by atoms with Crippen LogP contribution in [0, 0.1) is 23.7 Å². The van der Waals surface area contributed by atoms with Crippen molar-refractivity contribution in [2.75, 3.05) is 19.6 Å². The van der Waals surface area contributed by atoms with E-state index in [0.717, 1.165) is 12.8 Å². The SMILES string of the molecule is C#CCN(CC1CC1)C(=O)NCC(CC)(CC)C(=O)O. The van der Waals surface area contributed by atoms with Gasteiger partial charge in [0, 0.05) is 13.1 Å². The van der Waals surface area contributed by atoms with Gasteiger partial charge in [0.05, 0.1) is 12.0 Å². The molecule has 0 saturated heterocycles. The number of carbonyl (C=O) groups is 2. The van der Waals surface area contributed by atoms with Crippen LogP contribution in [0.1, 0.15) is 39.5 Å². The standard InChI is InChI=1S/C15H24N2O3/c1-4-9-17(10-12-7-8-12)14(20)16-11-15(5-2,6-3)13(18)19/h1,12H,5-11H2,2-3H3,(H,16,20)(H,18,19). The molecule has 0 atom stereocenters. The van der Waals surface area contributed by atoms with E-state index in [1.54, 1.807) is 4.90 Å². The lowest BCUT2D eigenvalue weighted by atomic mass is 9.82. The molecular weight excluding hydrogens is 256 g/mol. The number of aliphatic carboxylic acids is 1. The molecule has 0 bridgehead atoms. The summed E-state index contributed by atoms with van der Waals surface area (Å²) in [4.78, 5) is 25.1. The highest BCUT2D eigenvalue weighted by Crippen LogP contribution is 2.30. The second kappa shape index (κ2) is 7.18. The molecule has 20 heavy (non-hydrogen) atoms. The molecule has 2 amide bonds.